The van der Waals surface area contributed by atoms with Crippen molar-refractivity contribution in [2.24, 2.45) is 0 Å². The van der Waals surface area contributed by atoms with E-state index >= 15 is 0 Å². The molecule has 1 aromatic carbocycles. The lowest BCUT2D eigenvalue weighted by Crippen LogP contribution is -2.38. The summed E-state index contributed by atoms with van der Waals surface area (Å²) in [7, 11) is 1.24. The van der Waals surface area contributed by atoms with E-state index < -0.39 is 29.7 Å². The minimum absolute atomic E-state index is 0.352. The Morgan fingerprint density at radius 1 is 1.33 bits per heavy atom. The van der Waals surface area contributed by atoms with E-state index in [0.29, 0.717) is 24.6 Å². The Morgan fingerprint density at radius 3 is 2.62 bits per heavy atom. The van der Waals surface area contributed by atoms with Gasteiger partial charge >= 0.3 is 12.3 Å². The van der Waals surface area contributed by atoms with Crippen molar-refractivity contribution in [2.45, 2.75) is 31.5 Å². The number of carbonyl (C=O) groups excluding carboxylic acids is 1. The molecule has 1 fully saturated rings. The van der Waals surface area contributed by atoms with Crippen molar-refractivity contribution in [3.8, 4) is 0 Å². The first kappa shape index (κ1) is 15.6. The summed E-state index contributed by atoms with van der Waals surface area (Å²) in [5.74, 6) is -1.32. The first-order chi connectivity index (χ1) is 9.84. The molecule has 1 aromatic rings. The van der Waals surface area contributed by atoms with Crippen LogP contribution in [0.15, 0.2) is 18.2 Å². The van der Waals surface area contributed by atoms with E-state index in [9.17, 15) is 22.4 Å². The summed E-state index contributed by atoms with van der Waals surface area (Å²) in [6.07, 6.45) is -3.10. The SMILES string of the molecule is COC(=O)N1CCCCC1c1ccc(C(F)(F)F)c(F)c1. The second-order valence-electron chi connectivity index (χ2n) is 4.91. The molecule has 0 spiro atoms. The molecule has 1 saturated heterocycles. The molecule has 21 heavy (non-hydrogen) atoms. The molecule has 1 unspecified atom stereocenters. The highest BCUT2D eigenvalue weighted by Gasteiger charge is 2.35. The number of rotatable bonds is 1. The van der Waals surface area contributed by atoms with Crippen LogP contribution in [0.5, 0.6) is 0 Å². The molecule has 1 amide bonds. The highest BCUT2D eigenvalue weighted by atomic mass is 19.4. The predicted octanol–water partition coefficient (Wildman–Crippen LogP) is 4.14. The van der Waals surface area contributed by atoms with Gasteiger partial charge < -0.3 is 9.64 Å². The Bertz CT molecular complexity index is 530. The zero-order valence-corrected chi connectivity index (χ0v) is 11.4. The maximum atomic E-state index is 13.7. The lowest BCUT2D eigenvalue weighted by atomic mass is 9.94. The van der Waals surface area contributed by atoms with Crippen LogP contribution in [0, 0.1) is 5.82 Å². The van der Waals surface area contributed by atoms with Gasteiger partial charge in [-0.15, -0.1) is 0 Å². The number of hydrogen-bond acceptors (Lipinski definition) is 2. The second kappa shape index (κ2) is 5.91. The second-order valence-corrected chi connectivity index (χ2v) is 4.91. The van der Waals surface area contributed by atoms with E-state index in [1.54, 1.807) is 0 Å². The van der Waals surface area contributed by atoms with Crippen molar-refractivity contribution in [2.75, 3.05) is 13.7 Å². The van der Waals surface area contributed by atoms with Gasteiger partial charge in [0, 0.05) is 6.54 Å². The normalized spacial score (nSPS) is 19.5. The molecule has 0 radical (unpaired) electrons. The van der Waals surface area contributed by atoms with Gasteiger partial charge in [-0.1, -0.05) is 6.07 Å². The molecule has 1 heterocycles. The van der Waals surface area contributed by atoms with E-state index in [0.717, 1.165) is 18.9 Å². The molecule has 7 heteroatoms. The van der Waals surface area contributed by atoms with Gasteiger partial charge in [0.05, 0.1) is 18.7 Å². The van der Waals surface area contributed by atoms with Gasteiger partial charge in [-0.2, -0.15) is 13.2 Å². The number of nitrogens with zero attached hydrogens (tertiary/aromatic N) is 1. The summed E-state index contributed by atoms with van der Waals surface area (Å²) < 4.78 is 56.0. The maximum absolute atomic E-state index is 13.7. The largest absolute Gasteiger partial charge is 0.453 e. The molecule has 0 bridgehead atoms. The van der Waals surface area contributed by atoms with Gasteiger partial charge in [-0.3, -0.25) is 0 Å². The molecule has 116 valence electrons. The quantitative estimate of drug-likeness (QED) is 0.730. The smallest absolute Gasteiger partial charge is 0.419 e. The van der Waals surface area contributed by atoms with Crippen molar-refractivity contribution < 1.29 is 27.1 Å². The summed E-state index contributed by atoms with van der Waals surface area (Å²) in [5, 5.41) is 0. The zero-order valence-electron chi connectivity index (χ0n) is 11.4. The number of hydrogen-bond donors (Lipinski definition) is 0. The molecule has 0 aromatic heterocycles. The Hall–Kier alpha value is -1.79. The third-order valence-electron chi connectivity index (χ3n) is 3.60. The Balaban J connectivity index is 2.32. The fourth-order valence-electron chi connectivity index (χ4n) is 2.58. The highest BCUT2D eigenvalue weighted by Crippen LogP contribution is 2.36. The molecular weight excluding hydrogens is 290 g/mol. The van der Waals surface area contributed by atoms with Gasteiger partial charge in [0.2, 0.25) is 0 Å². The number of carbonyl (C=O) groups is 1. The highest BCUT2D eigenvalue weighted by molar-refractivity contribution is 5.68. The van der Waals surface area contributed by atoms with Crippen LogP contribution >= 0.6 is 0 Å². The Labute approximate surface area is 119 Å². The number of ether oxygens (including phenoxy) is 1. The van der Waals surface area contributed by atoms with E-state index in [1.165, 1.54) is 18.1 Å². The molecule has 3 nitrogen and oxygen atoms in total. The monoisotopic (exact) mass is 305 g/mol. The van der Waals surface area contributed by atoms with Crippen molar-refractivity contribution in [3.63, 3.8) is 0 Å². The predicted molar refractivity (Wildman–Crippen MR) is 67.1 cm³/mol. The third-order valence-corrected chi connectivity index (χ3v) is 3.60. The number of benzene rings is 1. The summed E-state index contributed by atoms with van der Waals surface area (Å²) in [5.41, 5.74) is -0.947. The summed E-state index contributed by atoms with van der Waals surface area (Å²) in [6, 6.07) is 2.34. The molecule has 0 N–H and O–H groups in total. The van der Waals surface area contributed by atoms with Crippen LogP contribution in [0.2, 0.25) is 0 Å². The van der Waals surface area contributed by atoms with Crippen molar-refractivity contribution in [1.29, 1.82) is 0 Å². The summed E-state index contributed by atoms with van der Waals surface area (Å²) >= 11 is 0. The first-order valence-corrected chi connectivity index (χ1v) is 6.56. The minimum atomic E-state index is -4.72. The minimum Gasteiger partial charge on any atom is -0.453 e. The molecular formula is C14H15F4NO2. The van der Waals surface area contributed by atoms with Crippen molar-refractivity contribution in [1.82, 2.24) is 4.90 Å². The fourth-order valence-corrected chi connectivity index (χ4v) is 2.58. The van der Waals surface area contributed by atoms with E-state index in [1.807, 2.05) is 0 Å². The Morgan fingerprint density at radius 2 is 2.05 bits per heavy atom. The van der Waals surface area contributed by atoms with Crippen LogP contribution in [0.3, 0.4) is 0 Å². The van der Waals surface area contributed by atoms with Gasteiger partial charge in [0.25, 0.3) is 0 Å². The Kier molecular flexibility index (Phi) is 4.39. The number of likely N-dealkylation sites (tertiary alicyclic amines) is 1. The van der Waals surface area contributed by atoms with Crippen molar-refractivity contribution >= 4 is 6.09 Å². The molecule has 2 rings (SSSR count). The van der Waals surface area contributed by atoms with Crippen LogP contribution in [0.1, 0.15) is 36.4 Å². The van der Waals surface area contributed by atoms with E-state index in [2.05, 4.69) is 4.74 Å². The van der Waals surface area contributed by atoms with Crippen LogP contribution in [-0.4, -0.2) is 24.6 Å². The third kappa shape index (κ3) is 3.28. The van der Waals surface area contributed by atoms with Crippen molar-refractivity contribution in [3.05, 3.63) is 35.1 Å². The number of piperidine rings is 1. The summed E-state index contributed by atoms with van der Waals surface area (Å²) in [6.45, 7) is 0.444. The van der Waals surface area contributed by atoms with Gasteiger partial charge in [0.15, 0.2) is 0 Å². The zero-order chi connectivity index (χ0) is 15.6. The van der Waals surface area contributed by atoms with Crippen LogP contribution in [-0.2, 0) is 10.9 Å². The summed E-state index contributed by atoms with van der Waals surface area (Å²) in [4.78, 5) is 13.1. The topological polar surface area (TPSA) is 29.5 Å². The van der Waals surface area contributed by atoms with Crippen LogP contribution in [0.25, 0.3) is 0 Å². The fraction of sp³-hybridized carbons (Fsp3) is 0.500. The number of methoxy groups -OCH3 is 1. The molecule has 1 aliphatic heterocycles. The van der Waals surface area contributed by atoms with Gasteiger partial charge in [-0.25, -0.2) is 9.18 Å². The average Bonchev–Trinajstić information content (AvgIpc) is 2.45. The molecule has 1 atom stereocenters. The average molecular weight is 305 g/mol. The standard InChI is InChI=1S/C14H15F4NO2/c1-21-13(20)19-7-3-2-4-12(19)9-5-6-10(11(15)8-9)14(16,17)18/h5-6,8,12H,2-4,7H2,1H3. The number of alkyl halides is 3. The number of amides is 1. The van der Waals surface area contributed by atoms with E-state index in [-0.39, 0.29) is 0 Å². The van der Waals surface area contributed by atoms with Gasteiger partial charge in [0.1, 0.15) is 5.82 Å². The van der Waals surface area contributed by atoms with Crippen LogP contribution in [0.4, 0.5) is 22.4 Å². The number of halogens is 4. The van der Waals surface area contributed by atoms with E-state index in [4.69, 9.17) is 0 Å². The first-order valence-electron chi connectivity index (χ1n) is 6.56. The molecule has 1 aliphatic rings. The molecule has 0 aliphatic carbocycles. The lowest BCUT2D eigenvalue weighted by Gasteiger charge is -2.35. The maximum Gasteiger partial charge on any atom is 0.419 e. The van der Waals surface area contributed by atoms with Gasteiger partial charge in [-0.05, 0) is 37.0 Å². The lowest BCUT2D eigenvalue weighted by molar-refractivity contribution is -0.140. The molecule has 0 saturated carbocycles. The van der Waals surface area contributed by atoms with Crippen LogP contribution < -0.4 is 0 Å².